The van der Waals surface area contributed by atoms with Crippen LogP contribution in [0.1, 0.15) is 32.3 Å². The third-order valence-electron chi connectivity index (χ3n) is 3.48. The topological polar surface area (TPSA) is 33.3 Å². The number of benzene rings is 1. The first-order chi connectivity index (χ1) is 8.26. The fourth-order valence-electron chi connectivity index (χ4n) is 2.57. The van der Waals surface area contributed by atoms with Crippen molar-refractivity contribution < 1.29 is 6.16 Å². The highest BCUT2D eigenvalue weighted by atomic mass is 16.5. The molecule has 1 aromatic rings. The molecule has 1 atom stereocenters. The molecule has 1 unspecified atom stereocenters. The molecular formula is C14H24N2O. The van der Waals surface area contributed by atoms with Gasteiger partial charge in [-0.2, -0.15) is 0 Å². The van der Waals surface area contributed by atoms with Crippen molar-refractivity contribution >= 4 is 0 Å². The minimum atomic E-state index is 0. The van der Waals surface area contributed by atoms with Gasteiger partial charge in [-0.25, -0.2) is 0 Å². The lowest BCUT2D eigenvalue weighted by Gasteiger charge is -2.27. The summed E-state index contributed by atoms with van der Waals surface area (Å²) in [4.78, 5) is 0. The van der Waals surface area contributed by atoms with E-state index in [4.69, 9.17) is 4.74 Å². The van der Waals surface area contributed by atoms with Gasteiger partial charge in [-0.15, -0.1) is 0 Å². The molecule has 96 valence electrons. The summed E-state index contributed by atoms with van der Waals surface area (Å²) in [6.45, 7) is 4.67. The molecule has 3 nitrogen and oxygen atoms in total. The van der Waals surface area contributed by atoms with Crippen LogP contribution >= 0.6 is 0 Å². The third-order valence-corrected chi connectivity index (χ3v) is 3.48. The Kier molecular flexibility index (Phi) is 4.15. The van der Waals surface area contributed by atoms with E-state index < -0.39 is 0 Å². The molecule has 0 bridgehead atoms. The second kappa shape index (κ2) is 5.63. The fraction of sp³-hybridized carbons (Fsp3) is 0.571. The number of hydrogen-bond donors (Lipinski definition) is 2. The van der Waals surface area contributed by atoms with Crippen LogP contribution < -0.4 is 10.6 Å². The van der Waals surface area contributed by atoms with Crippen LogP contribution in [0.25, 0.3) is 0 Å². The quantitative estimate of drug-likeness (QED) is 0.607. The van der Waals surface area contributed by atoms with Gasteiger partial charge in [0.05, 0.1) is 13.3 Å². The minimum absolute atomic E-state index is 0. The van der Waals surface area contributed by atoms with E-state index in [1.54, 1.807) is 0 Å². The Morgan fingerprint density at radius 1 is 1.47 bits per heavy atom. The molecular weight excluding hydrogens is 212 g/mol. The average molecular weight is 236 g/mol. The zero-order valence-electron chi connectivity index (χ0n) is 10.8. The van der Waals surface area contributed by atoms with Crippen molar-refractivity contribution in [1.29, 1.82) is 0 Å². The standard InChI is InChI=1S/C14H22N2O.H2/c1-14(8-5-9-16-14)13-7-4-3-6-12(13)10-17-11-15-2;/h3-4,6-7,15-16H,5,8-11H2,1-2H3;1H. The minimum Gasteiger partial charge on any atom is -0.362 e. The summed E-state index contributed by atoms with van der Waals surface area (Å²) in [6.07, 6.45) is 2.46. The van der Waals surface area contributed by atoms with E-state index >= 15 is 0 Å². The molecule has 0 spiro atoms. The molecule has 2 N–H and O–H groups in total. The van der Waals surface area contributed by atoms with Gasteiger partial charge >= 0.3 is 0 Å². The van der Waals surface area contributed by atoms with Crippen molar-refractivity contribution in [3.05, 3.63) is 35.4 Å². The SMILES string of the molecule is CNCOCc1ccccc1C1(C)CCCN1.[HH]. The fourth-order valence-corrected chi connectivity index (χ4v) is 2.57. The van der Waals surface area contributed by atoms with Crippen molar-refractivity contribution in [2.75, 3.05) is 20.3 Å². The summed E-state index contributed by atoms with van der Waals surface area (Å²) in [7, 11) is 1.89. The Labute approximate surface area is 105 Å². The van der Waals surface area contributed by atoms with Crippen molar-refractivity contribution in [2.45, 2.75) is 31.9 Å². The molecule has 0 amide bonds. The summed E-state index contributed by atoms with van der Waals surface area (Å²) >= 11 is 0. The number of hydrogen-bond acceptors (Lipinski definition) is 3. The number of ether oxygens (including phenoxy) is 1. The van der Waals surface area contributed by atoms with E-state index in [9.17, 15) is 0 Å². The second-order valence-electron chi connectivity index (χ2n) is 4.87. The summed E-state index contributed by atoms with van der Waals surface area (Å²) in [5, 5.41) is 6.61. The third kappa shape index (κ3) is 2.86. The molecule has 0 saturated carbocycles. The Bertz CT molecular complexity index is 365. The zero-order valence-corrected chi connectivity index (χ0v) is 10.8. The summed E-state index contributed by atoms with van der Waals surface area (Å²) in [6, 6.07) is 8.58. The van der Waals surface area contributed by atoms with E-state index in [0.29, 0.717) is 13.3 Å². The smallest absolute Gasteiger partial charge is 0.0967 e. The van der Waals surface area contributed by atoms with Crippen LogP contribution in [0.4, 0.5) is 0 Å². The lowest BCUT2D eigenvalue weighted by molar-refractivity contribution is 0.107. The predicted molar refractivity (Wildman–Crippen MR) is 71.9 cm³/mol. The van der Waals surface area contributed by atoms with Crippen LogP contribution in [0.5, 0.6) is 0 Å². The van der Waals surface area contributed by atoms with Gasteiger partial charge in [0.25, 0.3) is 0 Å². The molecule has 1 saturated heterocycles. The van der Waals surface area contributed by atoms with Gasteiger partial charge in [-0.05, 0) is 44.5 Å². The van der Waals surface area contributed by atoms with Crippen LogP contribution in [-0.2, 0) is 16.9 Å². The van der Waals surface area contributed by atoms with E-state index in [1.807, 2.05) is 7.05 Å². The molecule has 1 heterocycles. The van der Waals surface area contributed by atoms with Gasteiger partial charge in [0.2, 0.25) is 0 Å². The molecule has 0 aliphatic carbocycles. The van der Waals surface area contributed by atoms with Crippen molar-refractivity contribution in [1.82, 2.24) is 10.6 Å². The molecule has 1 fully saturated rings. The van der Waals surface area contributed by atoms with Gasteiger partial charge in [-0.1, -0.05) is 24.3 Å². The lowest BCUT2D eigenvalue weighted by Crippen LogP contribution is -2.34. The molecule has 1 aromatic carbocycles. The molecule has 0 radical (unpaired) electrons. The first kappa shape index (κ1) is 12.6. The lowest BCUT2D eigenvalue weighted by atomic mass is 9.87. The normalized spacial score (nSPS) is 24.1. The largest absolute Gasteiger partial charge is 0.362 e. The maximum absolute atomic E-state index is 5.58. The van der Waals surface area contributed by atoms with Crippen molar-refractivity contribution in [3.63, 3.8) is 0 Å². The van der Waals surface area contributed by atoms with E-state index in [2.05, 4.69) is 41.8 Å². The highest BCUT2D eigenvalue weighted by molar-refractivity contribution is 5.33. The zero-order chi connectivity index (χ0) is 12.1. The average Bonchev–Trinajstić information content (AvgIpc) is 2.78. The second-order valence-corrected chi connectivity index (χ2v) is 4.87. The Morgan fingerprint density at radius 3 is 3.00 bits per heavy atom. The van der Waals surface area contributed by atoms with Crippen LogP contribution in [-0.4, -0.2) is 20.3 Å². The number of nitrogens with one attached hydrogen (secondary N) is 2. The maximum Gasteiger partial charge on any atom is 0.0967 e. The van der Waals surface area contributed by atoms with Crippen LogP contribution in [0.15, 0.2) is 24.3 Å². The number of rotatable bonds is 5. The Hall–Kier alpha value is -0.900. The highest BCUT2D eigenvalue weighted by Gasteiger charge is 2.31. The summed E-state index contributed by atoms with van der Waals surface area (Å²) in [5.41, 5.74) is 2.80. The predicted octanol–water partition coefficient (Wildman–Crippen LogP) is 2.22. The summed E-state index contributed by atoms with van der Waals surface area (Å²) < 4.78 is 5.58. The monoisotopic (exact) mass is 236 g/mol. The van der Waals surface area contributed by atoms with Crippen LogP contribution in [0, 0.1) is 0 Å². The molecule has 0 aromatic heterocycles. The van der Waals surface area contributed by atoms with Crippen molar-refractivity contribution in [3.8, 4) is 0 Å². The Morgan fingerprint density at radius 2 is 2.29 bits per heavy atom. The van der Waals surface area contributed by atoms with E-state index in [0.717, 1.165) is 6.54 Å². The van der Waals surface area contributed by atoms with Gasteiger partial charge < -0.3 is 10.1 Å². The molecule has 1 aliphatic rings. The first-order valence-electron chi connectivity index (χ1n) is 6.32. The van der Waals surface area contributed by atoms with Crippen LogP contribution in [0.2, 0.25) is 0 Å². The van der Waals surface area contributed by atoms with Gasteiger partial charge in [0, 0.05) is 6.97 Å². The highest BCUT2D eigenvalue weighted by Crippen LogP contribution is 2.32. The van der Waals surface area contributed by atoms with Crippen LogP contribution in [0.3, 0.4) is 0 Å². The first-order valence-corrected chi connectivity index (χ1v) is 6.32. The van der Waals surface area contributed by atoms with Gasteiger partial charge in [0.15, 0.2) is 0 Å². The maximum atomic E-state index is 5.58. The summed E-state index contributed by atoms with van der Waals surface area (Å²) in [5.74, 6) is 0. The molecule has 2 rings (SSSR count). The molecule has 3 heteroatoms. The Balaban J connectivity index is 0.00000162. The molecule has 17 heavy (non-hydrogen) atoms. The van der Waals surface area contributed by atoms with Crippen molar-refractivity contribution in [2.24, 2.45) is 0 Å². The molecule has 1 aliphatic heterocycles. The van der Waals surface area contributed by atoms with E-state index in [-0.39, 0.29) is 6.97 Å². The van der Waals surface area contributed by atoms with Gasteiger partial charge in [-0.3, -0.25) is 5.32 Å². The van der Waals surface area contributed by atoms with E-state index in [1.165, 1.54) is 24.0 Å². The van der Waals surface area contributed by atoms with Gasteiger partial charge in [0.1, 0.15) is 0 Å².